The van der Waals surface area contributed by atoms with Crippen molar-refractivity contribution in [3.8, 4) is 44.5 Å². The van der Waals surface area contributed by atoms with E-state index in [2.05, 4.69) is 206 Å². The first kappa shape index (κ1) is 38.0. The lowest BCUT2D eigenvalue weighted by atomic mass is 9.94. The van der Waals surface area contributed by atoms with Gasteiger partial charge in [-0.2, -0.15) is 0 Å². The van der Waals surface area contributed by atoms with Gasteiger partial charge < -0.3 is 9.97 Å². The summed E-state index contributed by atoms with van der Waals surface area (Å²) in [5.74, 6) is 0. The Morgan fingerprint density at radius 1 is 0.419 bits per heavy atom. The monoisotopic (exact) mass is 802 g/mol. The van der Waals surface area contributed by atoms with Crippen LogP contribution in [0, 0.1) is 27.7 Å². The highest BCUT2D eigenvalue weighted by atomic mass is 15.2. The van der Waals surface area contributed by atoms with Crippen LogP contribution in [0.15, 0.2) is 152 Å². The number of nitrogens with one attached hydrogen (secondary N) is 2. The summed E-state index contributed by atoms with van der Waals surface area (Å²) in [6.45, 7) is 10.9. The summed E-state index contributed by atoms with van der Waals surface area (Å²) in [6.07, 6.45) is 16.6. The molecule has 7 aromatic rings. The van der Waals surface area contributed by atoms with Crippen molar-refractivity contribution in [2.75, 3.05) is 13.1 Å². The first-order valence-corrected chi connectivity index (χ1v) is 22.1. The van der Waals surface area contributed by atoms with Gasteiger partial charge in [0.05, 0.1) is 11.4 Å². The molecule has 1 fully saturated rings. The van der Waals surface area contributed by atoms with Crippen LogP contribution in [-0.2, 0) is 0 Å². The van der Waals surface area contributed by atoms with Gasteiger partial charge in [-0.15, -0.1) is 0 Å². The number of benzene rings is 4. The number of hydrogen-bond donors (Lipinski definition) is 2. The molecule has 4 aromatic carbocycles. The molecule has 4 heteroatoms. The Bertz CT molecular complexity index is 2970. The molecule has 0 spiro atoms. The molecule has 11 rings (SSSR count). The minimum absolute atomic E-state index is 0.238. The van der Waals surface area contributed by atoms with Crippen molar-refractivity contribution >= 4 is 45.4 Å². The second-order valence-corrected chi connectivity index (χ2v) is 17.5. The minimum atomic E-state index is 0.238. The summed E-state index contributed by atoms with van der Waals surface area (Å²) in [5.41, 5.74) is 24.9. The van der Waals surface area contributed by atoms with Crippen molar-refractivity contribution < 1.29 is 0 Å². The number of rotatable bonds is 5. The molecule has 62 heavy (non-hydrogen) atoms. The van der Waals surface area contributed by atoms with Crippen LogP contribution in [0.3, 0.4) is 0 Å². The van der Waals surface area contributed by atoms with E-state index in [0.717, 1.165) is 68.8 Å². The van der Waals surface area contributed by atoms with E-state index in [4.69, 9.17) is 4.98 Å². The molecule has 0 unspecified atom stereocenters. The van der Waals surface area contributed by atoms with Gasteiger partial charge in [-0.1, -0.05) is 144 Å². The fraction of sp³-hybridized carbons (Fsp3) is 0.155. The van der Waals surface area contributed by atoms with Crippen LogP contribution >= 0.6 is 0 Å². The van der Waals surface area contributed by atoms with Gasteiger partial charge in [0, 0.05) is 50.4 Å². The quantitative estimate of drug-likeness (QED) is 0.182. The van der Waals surface area contributed by atoms with E-state index in [9.17, 15) is 0 Å². The lowest BCUT2D eigenvalue weighted by Gasteiger charge is -2.21. The van der Waals surface area contributed by atoms with Gasteiger partial charge in [0.15, 0.2) is 0 Å². The minimum Gasteiger partial charge on any atom is -0.354 e. The molecule has 302 valence electrons. The van der Waals surface area contributed by atoms with E-state index in [1.807, 2.05) is 0 Å². The number of aromatic amines is 2. The number of nitrogens with zero attached hydrogens (tertiary/aromatic N) is 2. The fourth-order valence-corrected chi connectivity index (χ4v) is 9.79. The summed E-state index contributed by atoms with van der Waals surface area (Å²) in [4.78, 5) is 16.2. The molecule has 5 heterocycles. The molecular weight excluding hydrogens is 753 g/mol. The topological polar surface area (TPSA) is 47.7 Å². The fourth-order valence-electron chi connectivity index (χ4n) is 9.79. The third-order valence-electron chi connectivity index (χ3n) is 13.1. The summed E-state index contributed by atoms with van der Waals surface area (Å²) in [6, 6.07) is 47.5. The average Bonchev–Trinajstić information content (AvgIpc) is 4.15. The normalized spacial score (nSPS) is 15.1. The van der Waals surface area contributed by atoms with Crippen LogP contribution < -0.4 is 0 Å². The van der Waals surface area contributed by atoms with Crippen molar-refractivity contribution in [3.05, 3.63) is 196 Å². The largest absolute Gasteiger partial charge is 0.354 e. The molecule has 8 bridgehead atoms. The number of aryl methyl sites for hydroxylation is 4. The van der Waals surface area contributed by atoms with Gasteiger partial charge >= 0.3 is 0 Å². The van der Waals surface area contributed by atoms with Crippen LogP contribution in [0.2, 0.25) is 0 Å². The van der Waals surface area contributed by atoms with Gasteiger partial charge in [-0.05, 0) is 141 Å². The van der Waals surface area contributed by atoms with E-state index in [1.54, 1.807) is 0 Å². The van der Waals surface area contributed by atoms with E-state index >= 15 is 0 Å². The number of H-pyrrole nitrogens is 2. The molecule has 2 N–H and O–H groups in total. The van der Waals surface area contributed by atoms with Gasteiger partial charge in [-0.3, -0.25) is 4.90 Å². The zero-order valence-electron chi connectivity index (χ0n) is 35.9. The van der Waals surface area contributed by atoms with E-state index in [1.165, 1.54) is 79.6 Å². The Balaban J connectivity index is 1.33. The number of aromatic nitrogens is 3. The first-order chi connectivity index (χ1) is 30.3. The number of hydrogen-bond acceptors (Lipinski definition) is 2. The summed E-state index contributed by atoms with van der Waals surface area (Å²) in [5, 5.41) is 0. The Morgan fingerprint density at radius 3 is 1.13 bits per heavy atom. The molecule has 1 saturated heterocycles. The average molecular weight is 803 g/mol. The molecule has 0 atom stereocenters. The maximum absolute atomic E-state index is 5.52. The second kappa shape index (κ2) is 15.5. The first-order valence-electron chi connectivity index (χ1n) is 22.1. The Hall–Kier alpha value is -7.01. The van der Waals surface area contributed by atoms with Crippen LogP contribution in [0.25, 0.3) is 89.9 Å². The predicted octanol–water partition coefficient (Wildman–Crippen LogP) is 14.5. The molecule has 4 aliphatic rings. The van der Waals surface area contributed by atoms with Crippen molar-refractivity contribution in [1.82, 2.24) is 19.9 Å². The van der Waals surface area contributed by atoms with Gasteiger partial charge in [0.25, 0.3) is 0 Å². The molecular formula is C58H50N4. The summed E-state index contributed by atoms with van der Waals surface area (Å²) in [7, 11) is 0. The van der Waals surface area contributed by atoms with Crippen LogP contribution in [0.4, 0.5) is 0 Å². The van der Waals surface area contributed by atoms with E-state index in [0.29, 0.717) is 0 Å². The van der Waals surface area contributed by atoms with Crippen LogP contribution in [-0.4, -0.2) is 39.0 Å². The third kappa shape index (κ3) is 6.81. The van der Waals surface area contributed by atoms with Gasteiger partial charge in [0.1, 0.15) is 0 Å². The maximum atomic E-state index is 5.52. The summed E-state index contributed by atoms with van der Waals surface area (Å²) < 4.78 is 0. The molecule has 0 saturated carbocycles. The highest BCUT2D eigenvalue weighted by Gasteiger charge is 2.27. The molecule has 0 amide bonds. The Labute approximate surface area is 364 Å². The molecule has 4 nitrogen and oxygen atoms in total. The van der Waals surface area contributed by atoms with Crippen molar-refractivity contribution in [3.63, 3.8) is 0 Å². The van der Waals surface area contributed by atoms with E-state index < -0.39 is 0 Å². The number of allylic oxidation sites excluding steroid dienone is 4. The smallest absolute Gasteiger partial charge is 0.0737 e. The highest BCUT2D eigenvalue weighted by Crippen LogP contribution is 2.47. The Morgan fingerprint density at radius 2 is 0.758 bits per heavy atom. The van der Waals surface area contributed by atoms with Crippen molar-refractivity contribution in [2.24, 2.45) is 0 Å². The van der Waals surface area contributed by atoms with Gasteiger partial charge in [-0.25, -0.2) is 4.98 Å². The van der Waals surface area contributed by atoms with Crippen molar-refractivity contribution in [1.29, 1.82) is 0 Å². The van der Waals surface area contributed by atoms with E-state index in [-0.39, 0.29) is 6.04 Å². The van der Waals surface area contributed by atoms with Crippen LogP contribution in [0.5, 0.6) is 0 Å². The SMILES string of the molecule is Cc1ccc(-c2c3cc(c(-c4ccc(C)cc4)c4ccc([nH]4)c(-c4ccc(C)cc4)c4nc(c(-c5ccc(C)cc5)c5ccc2[nH]5)C=C4)C2=C3C=CC(N3CCCC3)C=C2)cc1. The highest BCUT2D eigenvalue weighted by molar-refractivity contribution is 6.13. The number of likely N-dealkylation sites (tertiary alicyclic amines) is 1. The lowest BCUT2D eigenvalue weighted by molar-refractivity contribution is 0.323. The molecule has 3 aromatic heterocycles. The maximum Gasteiger partial charge on any atom is 0.0737 e. The molecule has 0 radical (unpaired) electrons. The zero-order valence-corrected chi connectivity index (χ0v) is 35.9. The zero-order chi connectivity index (χ0) is 41.9. The molecule has 2 aliphatic heterocycles. The lowest BCUT2D eigenvalue weighted by Crippen LogP contribution is -2.29. The summed E-state index contributed by atoms with van der Waals surface area (Å²) >= 11 is 0. The van der Waals surface area contributed by atoms with Crippen molar-refractivity contribution in [2.45, 2.75) is 46.6 Å². The number of fused-ring (bicyclic) bond motifs is 10. The van der Waals surface area contributed by atoms with Crippen LogP contribution in [0.1, 0.15) is 57.6 Å². The predicted molar refractivity (Wildman–Crippen MR) is 263 cm³/mol. The third-order valence-corrected chi connectivity index (χ3v) is 13.1. The Kier molecular flexibility index (Phi) is 9.47. The second-order valence-electron chi connectivity index (χ2n) is 17.5. The standard InChI is InChI=1S/C58H50N4/c1-36-7-15-40(16-8-36)55-47-35-48(46-26-24-44(23-25-45(46)47)62-33-5-6-34-62)56(41-17-9-37(2)10-18-41)50-28-30-52(60-50)58(43-21-13-39(4)14-22-43)54-32-31-53(61-54)57(51-29-27-49(55)59-51)42-19-11-38(3)12-20-42/h7-32,35,44,59-60H,5-6,33-34H2,1-4H3. The van der Waals surface area contributed by atoms with Gasteiger partial charge in [0.2, 0.25) is 0 Å². The molecule has 2 aliphatic carbocycles.